The number of nitrogens with zero attached hydrogens (tertiary/aromatic N) is 1. The van der Waals surface area contributed by atoms with Crippen molar-refractivity contribution in [2.45, 2.75) is 4.90 Å². The van der Waals surface area contributed by atoms with E-state index in [1.165, 1.54) is 7.11 Å². The minimum Gasteiger partial charge on any atom is -0.495 e. The molecule has 3 N–H and O–H groups in total. The maximum atomic E-state index is 11.8. The number of sulfonamides is 1. The van der Waals surface area contributed by atoms with Crippen molar-refractivity contribution in [3.05, 3.63) is 28.3 Å². The Kier molecular flexibility index (Phi) is 4.40. The largest absolute Gasteiger partial charge is 0.495 e. The molecule has 0 fully saturated rings. The van der Waals surface area contributed by atoms with E-state index in [0.717, 1.165) is 18.2 Å². The molecule has 0 unspecified atom stereocenters. The summed E-state index contributed by atoms with van der Waals surface area (Å²) in [4.78, 5) is 20.1. The van der Waals surface area contributed by atoms with Crippen LogP contribution >= 0.6 is 0 Å². The molecule has 0 radical (unpaired) electrons. The number of ether oxygens (including phenoxy) is 1. The Morgan fingerprint density at radius 2 is 2.16 bits per heavy atom. The van der Waals surface area contributed by atoms with Crippen molar-refractivity contribution < 1.29 is 22.9 Å². The lowest BCUT2D eigenvalue weighted by Gasteiger charge is -2.09. The molecule has 0 heterocycles. The zero-order chi connectivity index (χ0) is 14.6. The van der Waals surface area contributed by atoms with E-state index in [1.807, 2.05) is 4.72 Å². The fourth-order valence-corrected chi connectivity index (χ4v) is 2.38. The summed E-state index contributed by atoms with van der Waals surface area (Å²) in [6.45, 7) is -0.581. The number of hydrogen-bond acceptors (Lipinski definition) is 6. The summed E-state index contributed by atoms with van der Waals surface area (Å²) in [7, 11) is -2.87. The molecule has 104 valence electrons. The number of non-ortho nitro benzene ring substituents is 1. The Morgan fingerprint density at radius 1 is 1.53 bits per heavy atom. The third-order valence-corrected chi connectivity index (χ3v) is 3.52. The Hall–Kier alpha value is -2.20. The molecule has 10 heteroatoms. The van der Waals surface area contributed by atoms with Crippen molar-refractivity contribution in [2.24, 2.45) is 5.73 Å². The number of nitrogens with one attached hydrogen (secondary N) is 1. The maximum Gasteiger partial charge on any atom is 0.273 e. The quantitative estimate of drug-likeness (QED) is 0.527. The summed E-state index contributed by atoms with van der Waals surface area (Å²) in [5, 5.41) is 10.6. The molecule has 1 amide bonds. The number of carbonyl (C=O) groups excluding carboxylic acids is 1. The molecular weight excluding hydrogens is 278 g/mol. The van der Waals surface area contributed by atoms with E-state index in [2.05, 4.69) is 0 Å². The number of nitro groups is 1. The molecule has 0 aliphatic heterocycles. The SMILES string of the molecule is COc1cc([N+](=O)[O-])ccc1S(=O)(=O)NCC(N)=O. The molecule has 0 spiro atoms. The summed E-state index contributed by atoms with van der Waals surface area (Å²) < 4.78 is 30.4. The summed E-state index contributed by atoms with van der Waals surface area (Å²) in [6.07, 6.45) is 0. The van der Waals surface area contributed by atoms with E-state index in [4.69, 9.17) is 10.5 Å². The number of methoxy groups -OCH3 is 1. The fourth-order valence-electron chi connectivity index (χ4n) is 1.24. The summed E-state index contributed by atoms with van der Waals surface area (Å²) >= 11 is 0. The van der Waals surface area contributed by atoms with Crippen LogP contribution in [-0.2, 0) is 14.8 Å². The zero-order valence-corrected chi connectivity index (χ0v) is 10.6. The lowest BCUT2D eigenvalue weighted by Crippen LogP contribution is -2.33. The van der Waals surface area contributed by atoms with Crippen LogP contribution in [0.3, 0.4) is 0 Å². The number of amides is 1. The molecule has 19 heavy (non-hydrogen) atoms. The number of nitrogens with two attached hydrogens (primary N) is 1. The van der Waals surface area contributed by atoms with Crippen molar-refractivity contribution in [2.75, 3.05) is 13.7 Å². The van der Waals surface area contributed by atoms with Gasteiger partial charge in [-0.1, -0.05) is 0 Å². The Morgan fingerprint density at radius 3 is 2.63 bits per heavy atom. The van der Waals surface area contributed by atoms with Crippen molar-refractivity contribution in [3.8, 4) is 5.75 Å². The first-order valence-corrected chi connectivity index (χ1v) is 6.36. The molecule has 0 aliphatic carbocycles. The van der Waals surface area contributed by atoms with E-state index in [9.17, 15) is 23.3 Å². The van der Waals surface area contributed by atoms with Gasteiger partial charge in [0.15, 0.2) is 0 Å². The second-order valence-corrected chi connectivity index (χ2v) is 5.12. The second-order valence-electron chi connectivity index (χ2n) is 3.38. The van der Waals surface area contributed by atoms with Crippen LogP contribution in [-0.4, -0.2) is 32.9 Å². The first-order chi connectivity index (χ1) is 8.77. The number of primary amides is 1. The minimum atomic E-state index is -4.04. The highest BCUT2D eigenvalue weighted by Gasteiger charge is 2.22. The van der Waals surface area contributed by atoms with Crippen LogP contribution in [0.1, 0.15) is 0 Å². The lowest BCUT2D eigenvalue weighted by molar-refractivity contribution is -0.385. The van der Waals surface area contributed by atoms with Gasteiger partial charge in [0.1, 0.15) is 10.6 Å². The number of rotatable bonds is 6. The number of nitro benzene ring substituents is 1. The first kappa shape index (κ1) is 14.9. The number of benzene rings is 1. The highest BCUT2D eigenvalue weighted by Crippen LogP contribution is 2.27. The van der Waals surface area contributed by atoms with Crippen molar-refractivity contribution in [3.63, 3.8) is 0 Å². The van der Waals surface area contributed by atoms with Gasteiger partial charge >= 0.3 is 0 Å². The second kappa shape index (κ2) is 5.63. The standard InChI is InChI=1S/C9H11N3O6S/c1-18-7-4-6(12(14)15)2-3-8(7)19(16,17)11-5-9(10)13/h2-4,11H,5H2,1H3,(H2,10,13). The normalized spacial score (nSPS) is 11.0. The molecule has 1 aromatic carbocycles. The van der Waals surface area contributed by atoms with Gasteiger partial charge in [-0.25, -0.2) is 13.1 Å². The van der Waals surface area contributed by atoms with Crippen LogP contribution in [0.25, 0.3) is 0 Å². The molecular formula is C9H11N3O6S. The molecule has 0 atom stereocenters. The van der Waals surface area contributed by atoms with Crippen LogP contribution < -0.4 is 15.2 Å². The van der Waals surface area contributed by atoms with Gasteiger partial charge in [0.05, 0.1) is 24.6 Å². The Bertz CT molecular complexity index is 612. The van der Waals surface area contributed by atoms with E-state index in [-0.39, 0.29) is 16.3 Å². The molecule has 0 aromatic heterocycles. The van der Waals surface area contributed by atoms with Gasteiger partial charge in [-0.2, -0.15) is 0 Å². The molecule has 1 rings (SSSR count). The van der Waals surface area contributed by atoms with Crippen LogP contribution in [0.4, 0.5) is 5.69 Å². The third-order valence-electron chi connectivity index (χ3n) is 2.08. The number of carbonyl (C=O) groups is 1. The fraction of sp³-hybridized carbons (Fsp3) is 0.222. The average molecular weight is 289 g/mol. The third kappa shape index (κ3) is 3.63. The van der Waals surface area contributed by atoms with Crippen LogP contribution in [0.2, 0.25) is 0 Å². The lowest BCUT2D eigenvalue weighted by atomic mass is 10.3. The first-order valence-electron chi connectivity index (χ1n) is 4.88. The zero-order valence-electron chi connectivity index (χ0n) is 9.82. The van der Waals surface area contributed by atoms with E-state index < -0.39 is 27.4 Å². The minimum absolute atomic E-state index is 0.203. The van der Waals surface area contributed by atoms with E-state index in [1.54, 1.807) is 0 Å². The Labute approximate surface area is 108 Å². The molecule has 0 bridgehead atoms. The van der Waals surface area contributed by atoms with Crippen LogP contribution in [0.5, 0.6) is 5.75 Å². The highest BCUT2D eigenvalue weighted by atomic mass is 32.2. The summed E-state index contributed by atoms with van der Waals surface area (Å²) in [5.41, 5.74) is 4.51. The summed E-state index contributed by atoms with van der Waals surface area (Å²) in [6, 6.07) is 3.00. The van der Waals surface area contributed by atoms with E-state index >= 15 is 0 Å². The van der Waals surface area contributed by atoms with Crippen molar-refractivity contribution in [1.82, 2.24) is 4.72 Å². The van der Waals surface area contributed by atoms with Crippen molar-refractivity contribution >= 4 is 21.6 Å². The van der Waals surface area contributed by atoms with Gasteiger partial charge in [0, 0.05) is 6.07 Å². The predicted molar refractivity (Wildman–Crippen MR) is 64.0 cm³/mol. The van der Waals surface area contributed by atoms with Crippen LogP contribution in [0, 0.1) is 10.1 Å². The van der Waals surface area contributed by atoms with Gasteiger partial charge < -0.3 is 10.5 Å². The topological polar surface area (TPSA) is 142 Å². The Balaban J connectivity index is 3.19. The highest BCUT2D eigenvalue weighted by molar-refractivity contribution is 7.89. The molecule has 0 saturated carbocycles. The molecule has 0 aliphatic rings. The van der Waals surface area contributed by atoms with Gasteiger partial charge in [-0.3, -0.25) is 14.9 Å². The molecule has 9 nitrogen and oxygen atoms in total. The molecule has 1 aromatic rings. The van der Waals surface area contributed by atoms with Gasteiger partial charge in [-0.05, 0) is 6.07 Å². The number of hydrogen-bond donors (Lipinski definition) is 2. The van der Waals surface area contributed by atoms with E-state index in [0.29, 0.717) is 0 Å². The van der Waals surface area contributed by atoms with Gasteiger partial charge in [0.2, 0.25) is 15.9 Å². The van der Waals surface area contributed by atoms with Gasteiger partial charge in [-0.15, -0.1) is 0 Å². The van der Waals surface area contributed by atoms with Crippen LogP contribution in [0.15, 0.2) is 23.1 Å². The average Bonchev–Trinajstić information content (AvgIpc) is 2.35. The molecule has 0 saturated heterocycles. The van der Waals surface area contributed by atoms with Gasteiger partial charge in [0.25, 0.3) is 5.69 Å². The predicted octanol–water partition coefficient (Wildman–Crippen LogP) is -0.633. The monoisotopic (exact) mass is 289 g/mol. The summed E-state index contributed by atoms with van der Waals surface area (Å²) in [5.74, 6) is -1.06. The van der Waals surface area contributed by atoms with Crippen molar-refractivity contribution in [1.29, 1.82) is 0 Å². The smallest absolute Gasteiger partial charge is 0.273 e. The maximum absolute atomic E-state index is 11.8.